The zero-order valence-electron chi connectivity index (χ0n) is 19.8. The molecule has 1 fully saturated rings. The van der Waals surface area contributed by atoms with Crippen LogP contribution in [-0.4, -0.2) is 27.6 Å². The molecule has 0 spiro atoms. The maximum absolute atomic E-state index is 12.2. The molecule has 0 radical (unpaired) electrons. The topological polar surface area (TPSA) is 62.7 Å². The SMILES string of the molecule is C=CC(C=C)=C(C=C)Cn1c(=O)[nH]c2cnc(CCC)cc21.CC.CC[C@@H]1CCNC1. The van der Waals surface area contributed by atoms with Crippen LogP contribution in [0.3, 0.4) is 0 Å². The van der Waals surface area contributed by atoms with Crippen LogP contribution in [0.2, 0.25) is 0 Å². The van der Waals surface area contributed by atoms with Crippen LogP contribution >= 0.6 is 0 Å². The lowest BCUT2D eigenvalue weighted by molar-refractivity contribution is 0.563. The van der Waals surface area contributed by atoms with Gasteiger partial charge in [0.25, 0.3) is 0 Å². The van der Waals surface area contributed by atoms with Gasteiger partial charge in [-0.1, -0.05) is 78.5 Å². The molecule has 1 aliphatic heterocycles. The maximum atomic E-state index is 12.2. The molecule has 3 heterocycles. The van der Waals surface area contributed by atoms with Crippen molar-refractivity contribution in [3.05, 3.63) is 77.6 Å². The smallest absolute Gasteiger partial charge is 0.316 e. The number of rotatable bonds is 8. The molecular formula is C26H40N4O. The van der Waals surface area contributed by atoms with Crippen LogP contribution in [-0.2, 0) is 13.0 Å². The number of fused-ring (bicyclic) bond motifs is 1. The molecular weight excluding hydrogens is 384 g/mol. The van der Waals surface area contributed by atoms with E-state index in [0.29, 0.717) is 6.54 Å². The molecule has 3 rings (SSSR count). The van der Waals surface area contributed by atoms with Crippen LogP contribution in [0.5, 0.6) is 0 Å². The first kappa shape index (κ1) is 26.4. The molecule has 31 heavy (non-hydrogen) atoms. The van der Waals surface area contributed by atoms with Crippen LogP contribution in [0.15, 0.2) is 66.2 Å². The highest BCUT2D eigenvalue weighted by Crippen LogP contribution is 2.16. The van der Waals surface area contributed by atoms with E-state index in [-0.39, 0.29) is 5.69 Å². The summed E-state index contributed by atoms with van der Waals surface area (Å²) in [5.41, 5.74) is 4.21. The van der Waals surface area contributed by atoms with Gasteiger partial charge in [-0.05, 0) is 49.1 Å². The number of nitrogens with one attached hydrogen (secondary N) is 2. The highest BCUT2D eigenvalue weighted by atomic mass is 16.1. The Kier molecular flexibility index (Phi) is 12.2. The Morgan fingerprint density at radius 1 is 1.23 bits per heavy atom. The molecule has 1 aliphatic rings. The largest absolute Gasteiger partial charge is 0.326 e. The Labute approximate surface area is 187 Å². The van der Waals surface area contributed by atoms with Gasteiger partial charge in [0.05, 0.1) is 23.8 Å². The van der Waals surface area contributed by atoms with Gasteiger partial charge >= 0.3 is 5.69 Å². The van der Waals surface area contributed by atoms with E-state index in [0.717, 1.165) is 46.6 Å². The highest BCUT2D eigenvalue weighted by Gasteiger charge is 2.11. The standard InChI is InChI=1S/C18H21N3O.C6H13N.C2H6/c1-5-9-15-10-17-16(11-19-15)20-18(22)21(17)12-14(8-4)13(6-2)7-3;1-2-6-3-4-7-5-6;1-2/h6-8,10-11H,2-5,9,12H2,1H3,(H,20,22);6-7H,2-5H2,1H3;1-2H3/t;6-;/m.1./s1. The molecule has 0 unspecified atom stereocenters. The van der Waals surface area contributed by atoms with Gasteiger partial charge in [-0.25, -0.2) is 4.79 Å². The Morgan fingerprint density at radius 3 is 2.42 bits per heavy atom. The molecule has 0 aromatic carbocycles. The van der Waals surface area contributed by atoms with E-state index in [1.165, 1.54) is 25.9 Å². The van der Waals surface area contributed by atoms with Crippen molar-refractivity contribution in [2.75, 3.05) is 13.1 Å². The van der Waals surface area contributed by atoms with Gasteiger partial charge < -0.3 is 10.3 Å². The number of aromatic nitrogens is 3. The van der Waals surface area contributed by atoms with E-state index in [1.54, 1.807) is 29.0 Å². The van der Waals surface area contributed by atoms with E-state index in [1.807, 2.05) is 19.9 Å². The lowest BCUT2D eigenvalue weighted by Crippen LogP contribution is -2.18. The van der Waals surface area contributed by atoms with Gasteiger partial charge in [-0.2, -0.15) is 0 Å². The average molecular weight is 425 g/mol. The summed E-state index contributed by atoms with van der Waals surface area (Å²) in [5.74, 6) is 0.986. The third-order valence-electron chi connectivity index (χ3n) is 5.35. The quantitative estimate of drug-likeness (QED) is 0.545. The van der Waals surface area contributed by atoms with Gasteiger partial charge in [0, 0.05) is 5.69 Å². The van der Waals surface area contributed by atoms with Crippen LogP contribution in [0.25, 0.3) is 11.0 Å². The monoisotopic (exact) mass is 424 g/mol. The minimum atomic E-state index is -0.155. The number of aromatic amines is 1. The minimum Gasteiger partial charge on any atom is -0.316 e. The zero-order chi connectivity index (χ0) is 23.2. The van der Waals surface area contributed by atoms with E-state index < -0.39 is 0 Å². The third kappa shape index (κ3) is 7.51. The molecule has 0 bridgehead atoms. The summed E-state index contributed by atoms with van der Waals surface area (Å²) in [6, 6.07) is 1.97. The lowest BCUT2D eigenvalue weighted by Gasteiger charge is -2.08. The van der Waals surface area contributed by atoms with E-state index in [4.69, 9.17) is 0 Å². The lowest BCUT2D eigenvalue weighted by atomic mass is 10.1. The van der Waals surface area contributed by atoms with Crippen molar-refractivity contribution in [1.29, 1.82) is 0 Å². The van der Waals surface area contributed by atoms with E-state index in [9.17, 15) is 4.79 Å². The van der Waals surface area contributed by atoms with Crippen molar-refractivity contribution < 1.29 is 0 Å². The van der Waals surface area contributed by atoms with E-state index in [2.05, 4.69) is 48.9 Å². The summed E-state index contributed by atoms with van der Waals surface area (Å²) >= 11 is 0. The predicted molar refractivity (Wildman–Crippen MR) is 135 cm³/mol. The molecule has 2 aromatic heterocycles. The second-order valence-corrected chi connectivity index (χ2v) is 7.32. The van der Waals surface area contributed by atoms with Crippen molar-refractivity contribution in [2.45, 2.75) is 59.9 Å². The minimum absolute atomic E-state index is 0.155. The molecule has 0 aliphatic carbocycles. The number of pyridine rings is 1. The first-order valence-electron chi connectivity index (χ1n) is 11.5. The Balaban J connectivity index is 0.000000447. The van der Waals surface area contributed by atoms with Crippen LogP contribution in [0.4, 0.5) is 0 Å². The Morgan fingerprint density at radius 2 is 1.94 bits per heavy atom. The number of H-pyrrole nitrogens is 1. The van der Waals surface area contributed by atoms with E-state index >= 15 is 0 Å². The summed E-state index contributed by atoms with van der Waals surface area (Å²) in [7, 11) is 0. The fourth-order valence-corrected chi connectivity index (χ4v) is 3.50. The fraction of sp³-hybridized carbons (Fsp3) is 0.462. The Hall–Kier alpha value is -2.66. The van der Waals surface area contributed by atoms with Gasteiger partial charge in [0.2, 0.25) is 0 Å². The zero-order valence-corrected chi connectivity index (χ0v) is 19.8. The van der Waals surface area contributed by atoms with Crippen molar-refractivity contribution in [3.8, 4) is 0 Å². The summed E-state index contributed by atoms with van der Waals surface area (Å²) in [6.45, 7) is 22.7. The van der Waals surface area contributed by atoms with Gasteiger partial charge in [-0.15, -0.1) is 0 Å². The number of aryl methyl sites for hydroxylation is 1. The molecule has 2 N–H and O–H groups in total. The first-order chi connectivity index (χ1) is 15.1. The molecule has 0 amide bonds. The molecule has 5 nitrogen and oxygen atoms in total. The number of imidazole rings is 1. The van der Waals surface area contributed by atoms with Crippen LogP contribution in [0, 0.1) is 5.92 Å². The maximum Gasteiger partial charge on any atom is 0.326 e. The molecule has 0 saturated carbocycles. The van der Waals surface area contributed by atoms with Gasteiger partial charge in [0.1, 0.15) is 0 Å². The first-order valence-corrected chi connectivity index (χ1v) is 11.5. The Bertz CT molecular complexity index is 917. The molecule has 2 aromatic rings. The van der Waals surface area contributed by atoms with Crippen molar-refractivity contribution in [3.63, 3.8) is 0 Å². The number of nitrogens with zero attached hydrogens (tertiary/aromatic N) is 2. The normalized spacial score (nSPS) is 14.6. The number of hydrogen-bond acceptors (Lipinski definition) is 3. The summed E-state index contributed by atoms with van der Waals surface area (Å²) in [5, 5.41) is 3.32. The van der Waals surface area contributed by atoms with Gasteiger partial charge in [0.15, 0.2) is 0 Å². The summed E-state index contributed by atoms with van der Waals surface area (Å²) in [4.78, 5) is 19.4. The fourth-order valence-electron chi connectivity index (χ4n) is 3.50. The predicted octanol–water partition coefficient (Wildman–Crippen LogP) is 5.56. The molecule has 170 valence electrons. The number of allylic oxidation sites excluding steroid dienone is 5. The van der Waals surface area contributed by atoms with Crippen molar-refractivity contribution in [2.24, 2.45) is 5.92 Å². The molecule has 5 heteroatoms. The molecule has 1 saturated heterocycles. The summed E-state index contributed by atoms with van der Waals surface area (Å²) < 4.78 is 1.69. The van der Waals surface area contributed by atoms with Crippen molar-refractivity contribution >= 4 is 11.0 Å². The van der Waals surface area contributed by atoms with Gasteiger partial charge in [-0.3, -0.25) is 9.55 Å². The third-order valence-corrected chi connectivity index (χ3v) is 5.35. The number of hydrogen-bond donors (Lipinski definition) is 2. The van der Waals surface area contributed by atoms with Crippen molar-refractivity contribution in [1.82, 2.24) is 19.9 Å². The second-order valence-electron chi connectivity index (χ2n) is 7.32. The highest BCUT2D eigenvalue weighted by molar-refractivity contribution is 5.74. The second kappa shape index (κ2) is 14.4. The summed E-state index contributed by atoms with van der Waals surface area (Å²) in [6.07, 6.45) is 11.5. The molecule has 1 atom stereocenters. The van der Waals surface area contributed by atoms with Crippen LogP contribution in [0.1, 0.15) is 52.7 Å². The average Bonchev–Trinajstić information content (AvgIpc) is 3.43. The van der Waals surface area contributed by atoms with Crippen LogP contribution < -0.4 is 11.0 Å².